The van der Waals surface area contributed by atoms with Crippen LogP contribution in [0.25, 0.3) is 0 Å². The lowest BCUT2D eigenvalue weighted by Crippen LogP contribution is -2.44. The normalized spacial score (nSPS) is 27.0. The van der Waals surface area contributed by atoms with Gasteiger partial charge in [0.1, 0.15) is 0 Å². The number of nitrogens with zero attached hydrogens (tertiary/aromatic N) is 4. The van der Waals surface area contributed by atoms with E-state index in [4.69, 9.17) is 4.74 Å². The molecule has 0 bridgehead atoms. The molecule has 1 aromatic heterocycles. The van der Waals surface area contributed by atoms with Gasteiger partial charge in [-0.25, -0.2) is 14.8 Å². The van der Waals surface area contributed by atoms with Gasteiger partial charge in [0, 0.05) is 38.4 Å². The number of anilines is 1. The van der Waals surface area contributed by atoms with Crippen LogP contribution in [0, 0.1) is 0 Å². The molecule has 1 spiro atoms. The van der Waals surface area contributed by atoms with Crippen LogP contribution in [0.2, 0.25) is 0 Å². The highest BCUT2D eigenvalue weighted by molar-refractivity contribution is 5.75. The molecule has 0 unspecified atom stereocenters. The van der Waals surface area contributed by atoms with Crippen molar-refractivity contribution in [1.82, 2.24) is 20.2 Å². The Morgan fingerprint density at radius 1 is 1.48 bits per heavy atom. The smallest absolute Gasteiger partial charge is 0.317 e. The van der Waals surface area contributed by atoms with E-state index in [1.54, 1.807) is 12.4 Å². The van der Waals surface area contributed by atoms with Gasteiger partial charge in [-0.1, -0.05) is 0 Å². The van der Waals surface area contributed by atoms with Gasteiger partial charge in [-0.05, 0) is 26.3 Å². The lowest BCUT2D eigenvalue weighted by atomic mass is 9.97. The largest absolute Gasteiger partial charge is 0.371 e. The average Bonchev–Trinajstić information content (AvgIpc) is 3.15. The Hall–Kier alpha value is -1.89. The van der Waals surface area contributed by atoms with Gasteiger partial charge in [-0.3, -0.25) is 0 Å². The van der Waals surface area contributed by atoms with Crippen LogP contribution >= 0.6 is 0 Å². The highest BCUT2D eigenvalue weighted by atomic mass is 16.5. The van der Waals surface area contributed by atoms with Crippen LogP contribution in [0.4, 0.5) is 10.7 Å². The number of likely N-dealkylation sites (tertiary alicyclic amines) is 1. The van der Waals surface area contributed by atoms with Crippen molar-refractivity contribution in [2.24, 2.45) is 0 Å². The summed E-state index contributed by atoms with van der Waals surface area (Å²) in [6.45, 7) is 6.00. The molecule has 2 atom stereocenters. The number of rotatable bonds is 3. The van der Waals surface area contributed by atoms with Crippen molar-refractivity contribution in [3.8, 4) is 0 Å². The zero-order chi connectivity index (χ0) is 16.4. The zero-order valence-corrected chi connectivity index (χ0v) is 14.0. The minimum absolute atomic E-state index is 0.00340. The number of hydrogen-bond acceptors (Lipinski definition) is 5. The molecule has 2 fully saturated rings. The third kappa shape index (κ3) is 3.39. The molecule has 2 amide bonds. The standard InChI is InChI=1S/C16H25N5O2/c1-12(2)19-15(22)21-8-5-16(11-21)9-13(10-23-16)20(3)14-17-6-4-7-18-14/h4,6-7,12-13H,5,8-11H2,1-3H3,(H,19,22)/t13-,16-/m0/s1. The molecule has 1 aromatic rings. The number of aromatic nitrogens is 2. The fourth-order valence-corrected chi connectivity index (χ4v) is 3.35. The van der Waals surface area contributed by atoms with E-state index >= 15 is 0 Å². The Bertz CT molecular complexity index is 553. The molecule has 0 aliphatic carbocycles. The maximum atomic E-state index is 12.2. The van der Waals surface area contributed by atoms with Crippen LogP contribution in [0.3, 0.4) is 0 Å². The van der Waals surface area contributed by atoms with Gasteiger partial charge in [0.05, 0.1) is 24.8 Å². The molecular weight excluding hydrogens is 294 g/mol. The first-order valence-corrected chi connectivity index (χ1v) is 8.18. The predicted molar refractivity (Wildman–Crippen MR) is 87.4 cm³/mol. The number of likely N-dealkylation sites (N-methyl/N-ethyl adjacent to an activating group) is 1. The second kappa shape index (κ2) is 6.31. The monoisotopic (exact) mass is 319 g/mol. The molecule has 2 aliphatic rings. The Labute approximate surface area is 137 Å². The quantitative estimate of drug-likeness (QED) is 0.908. The van der Waals surface area contributed by atoms with E-state index in [0.29, 0.717) is 19.1 Å². The fourth-order valence-electron chi connectivity index (χ4n) is 3.35. The van der Waals surface area contributed by atoms with Crippen LogP contribution in [-0.4, -0.2) is 65.3 Å². The zero-order valence-electron chi connectivity index (χ0n) is 14.0. The van der Waals surface area contributed by atoms with E-state index in [9.17, 15) is 4.79 Å². The SMILES string of the molecule is CC(C)NC(=O)N1CC[C@]2(C[C@H](N(C)c3ncccn3)CO2)C1. The van der Waals surface area contributed by atoms with Crippen molar-refractivity contribution in [1.29, 1.82) is 0 Å². The van der Waals surface area contributed by atoms with E-state index in [0.717, 1.165) is 19.4 Å². The topological polar surface area (TPSA) is 70.6 Å². The van der Waals surface area contributed by atoms with Crippen molar-refractivity contribution in [2.75, 3.05) is 31.6 Å². The van der Waals surface area contributed by atoms with Gasteiger partial charge in [-0.2, -0.15) is 0 Å². The van der Waals surface area contributed by atoms with Crippen molar-refractivity contribution in [2.45, 2.75) is 44.4 Å². The van der Waals surface area contributed by atoms with Crippen molar-refractivity contribution < 1.29 is 9.53 Å². The third-order valence-electron chi connectivity index (χ3n) is 4.62. The highest BCUT2D eigenvalue weighted by Crippen LogP contribution is 2.37. The Morgan fingerprint density at radius 2 is 2.22 bits per heavy atom. The number of carbonyl (C=O) groups excluding carboxylic acids is 1. The van der Waals surface area contributed by atoms with Crippen LogP contribution in [0.15, 0.2) is 18.5 Å². The fraction of sp³-hybridized carbons (Fsp3) is 0.688. The van der Waals surface area contributed by atoms with Gasteiger partial charge in [0.2, 0.25) is 5.95 Å². The van der Waals surface area contributed by atoms with Crippen molar-refractivity contribution in [3.05, 3.63) is 18.5 Å². The van der Waals surface area contributed by atoms with E-state index in [1.807, 2.05) is 31.9 Å². The molecular formula is C16H25N5O2. The summed E-state index contributed by atoms with van der Waals surface area (Å²) in [5.74, 6) is 0.713. The summed E-state index contributed by atoms with van der Waals surface area (Å²) in [6, 6.07) is 2.21. The van der Waals surface area contributed by atoms with Crippen LogP contribution in [0.5, 0.6) is 0 Å². The molecule has 0 aromatic carbocycles. The van der Waals surface area contributed by atoms with E-state index in [2.05, 4.69) is 20.2 Å². The highest BCUT2D eigenvalue weighted by Gasteiger charge is 2.48. The van der Waals surface area contributed by atoms with Crippen molar-refractivity contribution in [3.63, 3.8) is 0 Å². The molecule has 7 nitrogen and oxygen atoms in total. The summed E-state index contributed by atoms with van der Waals surface area (Å²) < 4.78 is 6.12. The maximum absolute atomic E-state index is 12.2. The van der Waals surface area contributed by atoms with Gasteiger partial charge in [0.25, 0.3) is 0 Å². The van der Waals surface area contributed by atoms with Crippen LogP contribution in [0.1, 0.15) is 26.7 Å². The molecule has 0 radical (unpaired) electrons. The minimum atomic E-state index is -0.220. The van der Waals surface area contributed by atoms with E-state index in [1.165, 1.54) is 0 Å². The van der Waals surface area contributed by atoms with Gasteiger partial charge in [0.15, 0.2) is 0 Å². The third-order valence-corrected chi connectivity index (χ3v) is 4.62. The lowest BCUT2D eigenvalue weighted by Gasteiger charge is -2.26. The number of nitrogens with one attached hydrogen (secondary N) is 1. The minimum Gasteiger partial charge on any atom is -0.371 e. The van der Waals surface area contributed by atoms with Crippen molar-refractivity contribution >= 4 is 12.0 Å². The predicted octanol–water partition coefficient (Wildman–Crippen LogP) is 1.26. The summed E-state index contributed by atoms with van der Waals surface area (Å²) in [5.41, 5.74) is -0.220. The summed E-state index contributed by atoms with van der Waals surface area (Å²) in [7, 11) is 2.00. The molecule has 23 heavy (non-hydrogen) atoms. The number of amides is 2. The Morgan fingerprint density at radius 3 is 2.91 bits per heavy atom. The van der Waals surface area contributed by atoms with Gasteiger partial charge < -0.3 is 19.9 Å². The number of ether oxygens (including phenoxy) is 1. The second-order valence-electron chi connectivity index (χ2n) is 6.79. The summed E-state index contributed by atoms with van der Waals surface area (Å²) in [4.78, 5) is 24.7. The first-order valence-electron chi connectivity index (χ1n) is 8.18. The molecule has 1 N–H and O–H groups in total. The number of carbonyl (C=O) groups is 1. The van der Waals surface area contributed by atoms with Crippen LogP contribution in [-0.2, 0) is 4.74 Å². The summed E-state index contributed by atoms with van der Waals surface area (Å²) in [5, 5.41) is 2.95. The maximum Gasteiger partial charge on any atom is 0.317 e. The molecule has 3 heterocycles. The Balaban J connectivity index is 1.60. The van der Waals surface area contributed by atoms with Gasteiger partial charge in [-0.15, -0.1) is 0 Å². The first kappa shape index (κ1) is 16.0. The summed E-state index contributed by atoms with van der Waals surface area (Å²) in [6.07, 6.45) is 5.28. The molecule has 126 valence electrons. The molecule has 7 heteroatoms. The number of hydrogen-bond donors (Lipinski definition) is 1. The second-order valence-corrected chi connectivity index (χ2v) is 6.79. The average molecular weight is 319 g/mol. The molecule has 3 rings (SSSR count). The van der Waals surface area contributed by atoms with Crippen LogP contribution < -0.4 is 10.2 Å². The van der Waals surface area contributed by atoms with E-state index in [-0.39, 0.29) is 23.7 Å². The first-order chi connectivity index (χ1) is 11.0. The summed E-state index contributed by atoms with van der Waals surface area (Å²) >= 11 is 0. The van der Waals surface area contributed by atoms with Gasteiger partial charge >= 0.3 is 6.03 Å². The molecule has 0 saturated carbocycles. The van der Waals surface area contributed by atoms with E-state index < -0.39 is 0 Å². The molecule has 2 aliphatic heterocycles. The Kier molecular flexibility index (Phi) is 4.39. The molecule has 2 saturated heterocycles. The number of urea groups is 1. The lowest BCUT2D eigenvalue weighted by molar-refractivity contribution is 0.0148.